The van der Waals surface area contributed by atoms with Crippen LogP contribution in [0.2, 0.25) is 0 Å². The molecule has 0 fully saturated rings. The van der Waals surface area contributed by atoms with Gasteiger partial charge in [-0.3, -0.25) is 9.69 Å². The molecule has 24 heavy (non-hydrogen) atoms. The first kappa shape index (κ1) is 15.1. The number of ether oxygens (including phenoxy) is 3. The van der Waals surface area contributed by atoms with Crippen molar-refractivity contribution >= 4 is 5.78 Å². The predicted molar refractivity (Wildman–Crippen MR) is 85.8 cm³/mol. The molecule has 6 nitrogen and oxygen atoms in total. The Hall–Kier alpha value is -2.47. The van der Waals surface area contributed by atoms with Crippen LogP contribution in [0.25, 0.3) is 0 Å². The van der Waals surface area contributed by atoms with Crippen LogP contribution in [-0.2, 0) is 6.42 Å². The average Bonchev–Trinajstić information content (AvgIpc) is 3.26. The third-order valence-corrected chi connectivity index (χ3v) is 4.72. The molecule has 1 aromatic carbocycles. The molecule has 0 radical (unpaired) electrons. The highest BCUT2D eigenvalue weighted by Crippen LogP contribution is 2.50. The fourth-order valence-electron chi connectivity index (χ4n) is 3.50. The molecule has 1 aromatic heterocycles. The second kappa shape index (κ2) is 5.87. The maximum atomic E-state index is 12.5. The van der Waals surface area contributed by atoms with Crippen molar-refractivity contribution in [2.75, 3.05) is 27.5 Å². The zero-order valence-electron chi connectivity index (χ0n) is 13.7. The summed E-state index contributed by atoms with van der Waals surface area (Å²) in [5.41, 5.74) is 2.15. The highest BCUT2D eigenvalue weighted by molar-refractivity contribution is 5.94. The van der Waals surface area contributed by atoms with Gasteiger partial charge in [0.15, 0.2) is 23.0 Å². The average molecular weight is 329 g/mol. The van der Waals surface area contributed by atoms with E-state index in [1.165, 1.54) is 6.26 Å². The molecule has 0 aliphatic carbocycles. The first-order chi connectivity index (χ1) is 11.7. The molecule has 2 aliphatic heterocycles. The van der Waals surface area contributed by atoms with Gasteiger partial charge in [-0.2, -0.15) is 0 Å². The normalized spacial score (nSPS) is 19.2. The topological polar surface area (TPSA) is 61.1 Å². The number of benzene rings is 1. The lowest BCUT2D eigenvalue weighted by Crippen LogP contribution is -2.34. The quantitative estimate of drug-likeness (QED) is 0.804. The summed E-state index contributed by atoms with van der Waals surface area (Å²) in [4.78, 5) is 14.7. The molecular weight excluding hydrogens is 310 g/mol. The Labute approximate surface area is 139 Å². The molecule has 126 valence electrons. The molecule has 0 unspecified atom stereocenters. The molecule has 0 saturated heterocycles. The molecule has 0 N–H and O–H groups in total. The second-order valence-electron chi connectivity index (χ2n) is 6.07. The van der Waals surface area contributed by atoms with Crippen molar-refractivity contribution in [2.24, 2.45) is 0 Å². The summed E-state index contributed by atoms with van der Waals surface area (Å²) in [7, 11) is 3.64. The predicted octanol–water partition coefficient (Wildman–Crippen LogP) is 2.82. The minimum absolute atomic E-state index is 0.0237. The van der Waals surface area contributed by atoms with E-state index in [0.717, 1.165) is 24.1 Å². The number of carbonyl (C=O) groups is 1. The van der Waals surface area contributed by atoms with Gasteiger partial charge in [0, 0.05) is 24.6 Å². The minimum Gasteiger partial charge on any atom is -0.492 e. The summed E-state index contributed by atoms with van der Waals surface area (Å²) in [6.45, 7) is 1.06. The zero-order chi connectivity index (χ0) is 16.7. The first-order valence-electron chi connectivity index (χ1n) is 7.95. The molecule has 1 atom stereocenters. The third-order valence-electron chi connectivity index (χ3n) is 4.72. The number of methoxy groups -OCH3 is 1. The lowest BCUT2D eigenvalue weighted by molar-refractivity contribution is 0.0898. The molecule has 0 bridgehead atoms. The highest BCUT2D eigenvalue weighted by atomic mass is 16.7. The van der Waals surface area contributed by atoms with E-state index >= 15 is 0 Å². The van der Waals surface area contributed by atoms with Crippen LogP contribution < -0.4 is 14.2 Å². The lowest BCUT2D eigenvalue weighted by atomic mass is 9.88. The van der Waals surface area contributed by atoms with E-state index in [2.05, 4.69) is 4.90 Å². The number of rotatable bonds is 4. The number of hydrogen-bond donors (Lipinski definition) is 0. The molecule has 2 aliphatic rings. The van der Waals surface area contributed by atoms with Gasteiger partial charge in [0.05, 0.1) is 13.4 Å². The Bertz CT molecular complexity index is 768. The number of Topliss-reactive ketones (excluding diaryl/α,β-unsaturated/α-hetero) is 1. The van der Waals surface area contributed by atoms with Gasteiger partial charge in [-0.05, 0) is 37.2 Å². The van der Waals surface area contributed by atoms with Crippen molar-refractivity contribution in [2.45, 2.75) is 18.9 Å². The molecule has 0 amide bonds. The SMILES string of the molecule is COc1c2c(cc3c1[C@H](CC(=O)c1ccco1)N(C)CC3)OCO2. The van der Waals surface area contributed by atoms with Crippen LogP contribution in [0.15, 0.2) is 28.9 Å². The van der Waals surface area contributed by atoms with E-state index in [1.807, 2.05) is 13.1 Å². The Morgan fingerprint density at radius 2 is 2.29 bits per heavy atom. The molecule has 6 heteroatoms. The fourth-order valence-corrected chi connectivity index (χ4v) is 3.50. The Balaban J connectivity index is 1.75. The van der Waals surface area contributed by atoms with Crippen LogP contribution in [0.5, 0.6) is 17.2 Å². The summed E-state index contributed by atoms with van der Waals surface area (Å²) in [6, 6.07) is 5.35. The van der Waals surface area contributed by atoms with Gasteiger partial charge in [0.1, 0.15) is 0 Å². The van der Waals surface area contributed by atoms with Gasteiger partial charge in [0.2, 0.25) is 12.5 Å². The standard InChI is InChI=1S/C18H19NO5/c1-19-6-5-11-8-15-17(24-10-23-15)18(21-2)16(11)12(19)9-13(20)14-4-3-7-22-14/h3-4,7-8,12H,5-6,9-10H2,1-2H3/t12-/m0/s1. The van der Waals surface area contributed by atoms with Crippen LogP contribution >= 0.6 is 0 Å². The molecular formula is C18H19NO5. The number of ketones is 1. The molecule has 4 rings (SSSR count). The van der Waals surface area contributed by atoms with E-state index in [0.29, 0.717) is 29.4 Å². The van der Waals surface area contributed by atoms with Crippen molar-refractivity contribution in [1.29, 1.82) is 0 Å². The van der Waals surface area contributed by atoms with Gasteiger partial charge in [-0.25, -0.2) is 0 Å². The van der Waals surface area contributed by atoms with E-state index in [9.17, 15) is 4.79 Å². The van der Waals surface area contributed by atoms with E-state index < -0.39 is 0 Å². The van der Waals surface area contributed by atoms with Crippen molar-refractivity contribution in [3.8, 4) is 17.2 Å². The van der Waals surface area contributed by atoms with Crippen molar-refractivity contribution in [1.82, 2.24) is 4.90 Å². The van der Waals surface area contributed by atoms with E-state index in [1.54, 1.807) is 19.2 Å². The third kappa shape index (κ3) is 2.34. The number of hydrogen-bond acceptors (Lipinski definition) is 6. The minimum atomic E-state index is -0.0872. The van der Waals surface area contributed by atoms with Crippen LogP contribution in [-0.4, -0.2) is 38.2 Å². The van der Waals surface area contributed by atoms with E-state index in [4.69, 9.17) is 18.6 Å². The fraction of sp³-hybridized carbons (Fsp3) is 0.389. The first-order valence-corrected chi connectivity index (χ1v) is 7.95. The van der Waals surface area contributed by atoms with Crippen LogP contribution in [0.4, 0.5) is 0 Å². The second-order valence-corrected chi connectivity index (χ2v) is 6.07. The molecule has 0 spiro atoms. The summed E-state index contributed by atoms with van der Waals surface area (Å²) >= 11 is 0. The largest absolute Gasteiger partial charge is 0.492 e. The molecule has 2 aromatic rings. The summed E-state index contributed by atoms with van der Waals surface area (Å²) in [6.07, 6.45) is 2.72. The van der Waals surface area contributed by atoms with Crippen molar-refractivity contribution < 1.29 is 23.4 Å². The number of likely N-dealkylation sites (N-methyl/N-ethyl adjacent to an activating group) is 1. The Morgan fingerprint density at radius 1 is 1.42 bits per heavy atom. The van der Waals surface area contributed by atoms with E-state index in [-0.39, 0.29) is 18.6 Å². The van der Waals surface area contributed by atoms with Crippen LogP contribution in [0, 0.1) is 0 Å². The lowest BCUT2D eigenvalue weighted by Gasteiger charge is -2.35. The summed E-state index contributed by atoms with van der Waals surface area (Å²) < 4.78 is 22.0. The molecule has 0 saturated carbocycles. The number of nitrogens with zero attached hydrogens (tertiary/aromatic N) is 1. The van der Waals surface area contributed by atoms with Gasteiger partial charge in [0.25, 0.3) is 0 Å². The maximum Gasteiger partial charge on any atom is 0.231 e. The summed E-state index contributed by atoms with van der Waals surface area (Å²) in [5, 5.41) is 0. The summed E-state index contributed by atoms with van der Waals surface area (Å²) in [5.74, 6) is 2.37. The molecule has 3 heterocycles. The Morgan fingerprint density at radius 3 is 3.04 bits per heavy atom. The van der Waals surface area contributed by atoms with Gasteiger partial charge < -0.3 is 18.6 Å². The number of furan rings is 1. The highest BCUT2D eigenvalue weighted by Gasteiger charge is 2.35. The Kier molecular flexibility index (Phi) is 3.69. The smallest absolute Gasteiger partial charge is 0.231 e. The monoisotopic (exact) mass is 329 g/mol. The van der Waals surface area contributed by atoms with Crippen LogP contribution in [0.1, 0.15) is 34.1 Å². The maximum absolute atomic E-state index is 12.5. The zero-order valence-corrected chi connectivity index (χ0v) is 13.7. The van der Waals surface area contributed by atoms with Gasteiger partial charge >= 0.3 is 0 Å². The van der Waals surface area contributed by atoms with Crippen molar-refractivity contribution in [3.05, 3.63) is 41.3 Å². The number of fused-ring (bicyclic) bond motifs is 2. The number of carbonyl (C=O) groups excluding carboxylic acids is 1. The van der Waals surface area contributed by atoms with Gasteiger partial charge in [-0.15, -0.1) is 0 Å². The van der Waals surface area contributed by atoms with Crippen LogP contribution in [0.3, 0.4) is 0 Å². The van der Waals surface area contributed by atoms with Crippen molar-refractivity contribution in [3.63, 3.8) is 0 Å². The van der Waals surface area contributed by atoms with Gasteiger partial charge in [-0.1, -0.05) is 0 Å².